The summed E-state index contributed by atoms with van der Waals surface area (Å²) in [6, 6.07) is 17.8. The van der Waals surface area contributed by atoms with E-state index in [1.54, 1.807) is 6.21 Å². The van der Waals surface area contributed by atoms with E-state index in [0.717, 1.165) is 36.4 Å². The molecule has 0 radical (unpaired) electrons. The van der Waals surface area contributed by atoms with E-state index in [1.807, 2.05) is 54.6 Å². The molecule has 0 aliphatic heterocycles. The Kier molecular flexibility index (Phi) is 5.65. The zero-order valence-corrected chi connectivity index (χ0v) is 11.8. The van der Waals surface area contributed by atoms with E-state index in [-0.39, 0.29) is 0 Å². The molecule has 0 unspecified atom stereocenters. The van der Waals surface area contributed by atoms with E-state index in [9.17, 15) is 0 Å². The Morgan fingerprint density at radius 2 is 1.95 bits per heavy atom. The second-order valence-corrected chi connectivity index (χ2v) is 4.51. The van der Waals surface area contributed by atoms with E-state index in [2.05, 4.69) is 17.5 Å². The summed E-state index contributed by atoms with van der Waals surface area (Å²) in [6.45, 7) is 2.92. The van der Waals surface area contributed by atoms with Gasteiger partial charge < -0.3 is 4.74 Å². The Balaban J connectivity index is 1.90. The zero-order valence-electron chi connectivity index (χ0n) is 11.8. The predicted molar refractivity (Wildman–Crippen MR) is 84.5 cm³/mol. The van der Waals surface area contributed by atoms with Gasteiger partial charge in [-0.15, -0.1) is 0 Å². The Bertz CT molecular complexity index is 538. The highest BCUT2D eigenvalue weighted by Crippen LogP contribution is 2.13. The van der Waals surface area contributed by atoms with E-state index >= 15 is 0 Å². The number of hydrazone groups is 1. The molecule has 0 heterocycles. The molecule has 0 spiro atoms. The minimum atomic E-state index is 0.763. The molecule has 0 atom stereocenters. The molecule has 20 heavy (non-hydrogen) atoms. The Hall–Kier alpha value is -2.29. The van der Waals surface area contributed by atoms with Crippen LogP contribution in [0, 0.1) is 0 Å². The van der Waals surface area contributed by atoms with Crippen molar-refractivity contribution in [2.24, 2.45) is 5.10 Å². The summed E-state index contributed by atoms with van der Waals surface area (Å²) < 4.78 is 5.67. The molecular formula is C17H20N2O. The van der Waals surface area contributed by atoms with Crippen molar-refractivity contribution in [2.75, 3.05) is 12.0 Å². The molecule has 0 amide bonds. The van der Waals surface area contributed by atoms with E-state index in [1.165, 1.54) is 0 Å². The maximum atomic E-state index is 5.67. The highest BCUT2D eigenvalue weighted by atomic mass is 16.5. The first-order valence-corrected chi connectivity index (χ1v) is 6.95. The summed E-state index contributed by atoms with van der Waals surface area (Å²) in [6.07, 6.45) is 4.01. The SMILES string of the molecule is CCCCOc1cccc(/C=N/Nc2ccccc2)c1. The predicted octanol–water partition coefficient (Wildman–Crippen LogP) is 4.31. The van der Waals surface area contributed by atoms with Crippen LogP contribution in [0.1, 0.15) is 25.3 Å². The van der Waals surface area contributed by atoms with Crippen molar-refractivity contribution in [3.8, 4) is 5.75 Å². The fraction of sp³-hybridized carbons (Fsp3) is 0.235. The fourth-order valence-corrected chi connectivity index (χ4v) is 1.71. The van der Waals surface area contributed by atoms with Crippen molar-refractivity contribution in [1.82, 2.24) is 0 Å². The molecule has 0 saturated heterocycles. The second kappa shape index (κ2) is 8.00. The number of benzene rings is 2. The lowest BCUT2D eigenvalue weighted by Crippen LogP contribution is -1.97. The van der Waals surface area contributed by atoms with Crippen molar-refractivity contribution < 1.29 is 4.74 Å². The number of unbranched alkanes of at least 4 members (excludes halogenated alkanes) is 1. The van der Waals surface area contributed by atoms with E-state index < -0.39 is 0 Å². The quantitative estimate of drug-likeness (QED) is 0.461. The van der Waals surface area contributed by atoms with Crippen LogP contribution in [0.2, 0.25) is 0 Å². The molecule has 2 aromatic rings. The van der Waals surface area contributed by atoms with Crippen molar-refractivity contribution in [3.63, 3.8) is 0 Å². The van der Waals surface area contributed by atoms with Crippen molar-refractivity contribution in [3.05, 3.63) is 60.2 Å². The van der Waals surface area contributed by atoms with Gasteiger partial charge in [-0.25, -0.2) is 0 Å². The highest BCUT2D eigenvalue weighted by Gasteiger charge is 1.95. The Morgan fingerprint density at radius 1 is 1.10 bits per heavy atom. The van der Waals surface area contributed by atoms with Gasteiger partial charge in [-0.05, 0) is 36.2 Å². The third-order valence-electron chi connectivity index (χ3n) is 2.81. The van der Waals surface area contributed by atoms with Crippen LogP contribution in [-0.2, 0) is 0 Å². The minimum absolute atomic E-state index is 0.763. The van der Waals surface area contributed by atoms with Gasteiger partial charge >= 0.3 is 0 Å². The van der Waals surface area contributed by atoms with Gasteiger partial charge in [0, 0.05) is 0 Å². The number of anilines is 1. The molecule has 104 valence electrons. The molecule has 0 aromatic heterocycles. The average Bonchev–Trinajstić information content (AvgIpc) is 2.49. The monoisotopic (exact) mass is 268 g/mol. The fourth-order valence-electron chi connectivity index (χ4n) is 1.71. The number of para-hydroxylation sites is 1. The maximum absolute atomic E-state index is 5.67. The van der Waals surface area contributed by atoms with Crippen LogP contribution in [-0.4, -0.2) is 12.8 Å². The summed E-state index contributed by atoms with van der Waals surface area (Å²) in [5, 5.41) is 4.22. The number of nitrogens with one attached hydrogen (secondary N) is 1. The summed E-state index contributed by atoms with van der Waals surface area (Å²) in [5.74, 6) is 0.891. The molecule has 0 bridgehead atoms. The first-order valence-electron chi connectivity index (χ1n) is 6.95. The van der Waals surface area contributed by atoms with Gasteiger partial charge in [-0.1, -0.05) is 43.7 Å². The largest absolute Gasteiger partial charge is 0.494 e. The molecule has 2 rings (SSSR count). The Labute approximate surface area is 120 Å². The van der Waals surface area contributed by atoms with Crippen molar-refractivity contribution in [2.45, 2.75) is 19.8 Å². The number of ether oxygens (including phenoxy) is 1. The molecule has 2 aromatic carbocycles. The van der Waals surface area contributed by atoms with E-state index in [0.29, 0.717) is 0 Å². The van der Waals surface area contributed by atoms with Gasteiger partial charge in [0.2, 0.25) is 0 Å². The van der Waals surface area contributed by atoms with Crippen LogP contribution < -0.4 is 10.2 Å². The molecular weight excluding hydrogens is 248 g/mol. The van der Waals surface area contributed by atoms with Gasteiger partial charge in [0.1, 0.15) is 5.75 Å². The third-order valence-corrected chi connectivity index (χ3v) is 2.81. The van der Waals surface area contributed by atoms with Gasteiger partial charge in [-0.2, -0.15) is 5.10 Å². The molecule has 0 aliphatic rings. The maximum Gasteiger partial charge on any atom is 0.119 e. The van der Waals surface area contributed by atoms with Gasteiger partial charge in [0.15, 0.2) is 0 Å². The third kappa shape index (κ3) is 4.76. The second-order valence-electron chi connectivity index (χ2n) is 4.51. The standard InChI is InChI=1S/C17H20N2O/c1-2-3-12-20-17-11-7-8-15(13-17)14-18-19-16-9-5-4-6-10-16/h4-11,13-14,19H,2-3,12H2,1H3/b18-14+. The van der Waals surface area contributed by atoms with Crippen LogP contribution in [0.3, 0.4) is 0 Å². The molecule has 0 fully saturated rings. The van der Waals surface area contributed by atoms with Crippen LogP contribution >= 0.6 is 0 Å². The molecule has 3 nitrogen and oxygen atoms in total. The zero-order chi connectivity index (χ0) is 14.0. The molecule has 1 N–H and O–H groups in total. The van der Waals surface area contributed by atoms with Crippen molar-refractivity contribution in [1.29, 1.82) is 0 Å². The van der Waals surface area contributed by atoms with Crippen LogP contribution in [0.15, 0.2) is 59.7 Å². The van der Waals surface area contributed by atoms with Crippen molar-refractivity contribution >= 4 is 11.9 Å². The summed E-state index contributed by atoms with van der Waals surface area (Å²) >= 11 is 0. The number of hydrogen-bond donors (Lipinski definition) is 1. The van der Waals surface area contributed by atoms with Gasteiger partial charge in [-0.3, -0.25) is 5.43 Å². The molecule has 3 heteroatoms. The number of hydrogen-bond acceptors (Lipinski definition) is 3. The van der Waals surface area contributed by atoms with E-state index in [4.69, 9.17) is 4.74 Å². The number of rotatable bonds is 7. The van der Waals surface area contributed by atoms with Crippen LogP contribution in [0.25, 0.3) is 0 Å². The van der Waals surface area contributed by atoms with Gasteiger partial charge in [0.25, 0.3) is 0 Å². The van der Waals surface area contributed by atoms with Gasteiger partial charge in [0.05, 0.1) is 18.5 Å². The lowest BCUT2D eigenvalue weighted by atomic mass is 10.2. The van der Waals surface area contributed by atoms with Crippen LogP contribution in [0.4, 0.5) is 5.69 Å². The summed E-state index contributed by atoms with van der Waals surface area (Å²) in [5.41, 5.74) is 4.98. The highest BCUT2D eigenvalue weighted by molar-refractivity contribution is 5.80. The first kappa shape index (κ1) is 14.1. The topological polar surface area (TPSA) is 33.6 Å². The molecule has 0 aliphatic carbocycles. The normalized spacial score (nSPS) is 10.7. The number of nitrogens with zero attached hydrogens (tertiary/aromatic N) is 1. The Morgan fingerprint density at radius 3 is 2.75 bits per heavy atom. The smallest absolute Gasteiger partial charge is 0.119 e. The van der Waals surface area contributed by atoms with Crippen LogP contribution in [0.5, 0.6) is 5.75 Å². The summed E-state index contributed by atoms with van der Waals surface area (Å²) in [4.78, 5) is 0. The average molecular weight is 268 g/mol. The summed E-state index contributed by atoms with van der Waals surface area (Å²) in [7, 11) is 0. The first-order chi connectivity index (χ1) is 9.88. The molecule has 0 saturated carbocycles. The minimum Gasteiger partial charge on any atom is -0.494 e. The lowest BCUT2D eigenvalue weighted by molar-refractivity contribution is 0.309. The lowest BCUT2D eigenvalue weighted by Gasteiger charge is -2.05.